The lowest BCUT2D eigenvalue weighted by Gasteiger charge is -2.24. The number of nitrogens with zero attached hydrogens (tertiary/aromatic N) is 2. The van der Waals surface area contributed by atoms with Crippen molar-refractivity contribution in [3.05, 3.63) is 52.0 Å². The van der Waals surface area contributed by atoms with Gasteiger partial charge in [0.1, 0.15) is 5.69 Å². The predicted octanol–water partition coefficient (Wildman–Crippen LogP) is 3.19. The molecule has 23 heavy (non-hydrogen) atoms. The number of alkyl halides is 3. The number of pyridine rings is 1. The fourth-order valence-electron chi connectivity index (χ4n) is 2.05. The summed E-state index contributed by atoms with van der Waals surface area (Å²) in [6, 6.07) is 3.89. The van der Waals surface area contributed by atoms with Gasteiger partial charge in [-0.1, -0.05) is 0 Å². The molecule has 0 bridgehead atoms. The lowest BCUT2D eigenvalue weighted by molar-refractivity contribution is -0.141. The van der Waals surface area contributed by atoms with E-state index in [1.165, 1.54) is 0 Å². The zero-order valence-corrected chi connectivity index (χ0v) is 13.4. The van der Waals surface area contributed by atoms with E-state index in [1.54, 1.807) is 11.3 Å². The van der Waals surface area contributed by atoms with E-state index in [0.29, 0.717) is 6.54 Å². The van der Waals surface area contributed by atoms with E-state index in [4.69, 9.17) is 0 Å². The number of aromatic nitrogens is 1. The van der Waals surface area contributed by atoms with E-state index >= 15 is 0 Å². The molecule has 1 amide bonds. The quantitative estimate of drug-likeness (QED) is 0.907. The van der Waals surface area contributed by atoms with Crippen LogP contribution in [0.2, 0.25) is 0 Å². The van der Waals surface area contributed by atoms with Gasteiger partial charge in [-0.3, -0.25) is 9.78 Å². The summed E-state index contributed by atoms with van der Waals surface area (Å²) in [6.45, 7) is 0.351. The number of likely N-dealkylation sites (N-methyl/N-ethyl adjacent to an activating group) is 1. The third kappa shape index (κ3) is 4.52. The van der Waals surface area contributed by atoms with Crippen LogP contribution in [0.15, 0.2) is 35.2 Å². The molecule has 0 aliphatic heterocycles. The summed E-state index contributed by atoms with van der Waals surface area (Å²) in [4.78, 5) is 17.3. The maximum Gasteiger partial charge on any atom is 0.433 e. The number of amides is 1. The van der Waals surface area contributed by atoms with E-state index in [2.05, 4.69) is 10.3 Å². The molecule has 0 radical (unpaired) electrons. The molecule has 0 saturated heterocycles. The van der Waals surface area contributed by atoms with Gasteiger partial charge < -0.3 is 10.2 Å². The van der Waals surface area contributed by atoms with Crippen LogP contribution in [0.1, 0.15) is 27.7 Å². The van der Waals surface area contributed by atoms with Crippen molar-refractivity contribution in [2.45, 2.75) is 12.2 Å². The molecule has 1 atom stereocenters. The molecule has 2 aromatic heterocycles. The minimum absolute atomic E-state index is 0.00684. The number of hydrogen-bond donors (Lipinski definition) is 1. The summed E-state index contributed by atoms with van der Waals surface area (Å²) in [5.74, 6) is -0.451. The zero-order chi connectivity index (χ0) is 17.0. The van der Waals surface area contributed by atoms with Crippen LogP contribution < -0.4 is 5.32 Å². The van der Waals surface area contributed by atoms with Crippen LogP contribution in [0.4, 0.5) is 13.2 Å². The second-order valence-electron chi connectivity index (χ2n) is 5.18. The molecule has 0 spiro atoms. The molecule has 0 aliphatic rings. The Bertz CT molecular complexity index is 639. The van der Waals surface area contributed by atoms with Crippen LogP contribution in [-0.4, -0.2) is 36.4 Å². The summed E-state index contributed by atoms with van der Waals surface area (Å²) in [5.41, 5.74) is 0.158. The van der Waals surface area contributed by atoms with Crippen molar-refractivity contribution in [3.8, 4) is 0 Å². The van der Waals surface area contributed by atoms with Gasteiger partial charge in [0.05, 0.1) is 11.6 Å². The smallest absolute Gasteiger partial charge is 0.350 e. The first-order valence-electron chi connectivity index (χ1n) is 6.79. The summed E-state index contributed by atoms with van der Waals surface area (Å²) in [5, 5.41) is 6.68. The van der Waals surface area contributed by atoms with Crippen LogP contribution in [0.3, 0.4) is 0 Å². The van der Waals surface area contributed by atoms with Crippen LogP contribution in [0.5, 0.6) is 0 Å². The summed E-state index contributed by atoms with van der Waals surface area (Å²) in [6.07, 6.45) is -3.57. The summed E-state index contributed by atoms with van der Waals surface area (Å²) >= 11 is 1.56. The minimum atomic E-state index is -4.51. The maximum absolute atomic E-state index is 12.5. The monoisotopic (exact) mass is 343 g/mol. The zero-order valence-electron chi connectivity index (χ0n) is 12.6. The molecule has 4 nitrogen and oxygen atoms in total. The van der Waals surface area contributed by atoms with E-state index in [-0.39, 0.29) is 11.6 Å². The van der Waals surface area contributed by atoms with Gasteiger partial charge in [0, 0.05) is 12.7 Å². The topological polar surface area (TPSA) is 45.2 Å². The first-order chi connectivity index (χ1) is 10.8. The Hall–Kier alpha value is -1.93. The number of hydrogen-bond acceptors (Lipinski definition) is 4. The maximum atomic E-state index is 12.5. The molecule has 1 N–H and O–H groups in total. The molecule has 124 valence electrons. The van der Waals surface area contributed by atoms with Gasteiger partial charge in [0.25, 0.3) is 5.91 Å². The van der Waals surface area contributed by atoms with E-state index in [9.17, 15) is 18.0 Å². The second kappa shape index (κ2) is 7.10. The molecule has 2 rings (SSSR count). The number of thiophene rings is 1. The number of halogens is 3. The average Bonchev–Trinajstić information content (AvgIpc) is 3.00. The van der Waals surface area contributed by atoms with Gasteiger partial charge in [-0.05, 0) is 48.6 Å². The molecule has 8 heteroatoms. The molecule has 2 aromatic rings. The highest BCUT2D eigenvalue weighted by molar-refractivity contribution is 7.07. The van der Waals surface area contributed by atoms with Gasteiger partial charge in [-0.25, -0.2) is 0 Å². The van der Waals surface area contributed by atoms with Crippen molar-refractivity contribution in [3.63, 3.8) is 0 Å². The van der Waals surface area contributed by atoms with E-state index in [1.807, 2.05) is 35.8 Å². The van der Waals surface area contributed by atoms with E-state index in [0.717, 1.165) is 23.9 Å². The van der Waals surface area contributed by atoms with Crippen LogP contribution >= 0.6 is 11.3 Å². The summed E-state index contributed by atoms with van der Waals surface area (Å²) in [7, 11) is 3.79. The Labute approximate surface area is 136 Å². The van der Waals surface area contributed by atoms with Crippen molar-refractivity contribution >= 4 is 17.2 Å². The standard InChI is InChI=1S/C15H16F3N3OS/c1-21(2)12(11-5-6-23-9-11)8-20-14(22)10-3-4-13(19-7-10)15(16,17)18/h3-7,9,12H,8H2,1-2H3,(H,20,22)/t12-/m0/s1. The summed E-state index contributed by atoms with van der Waals surface area (Å²) < 4.78 is 37.4. The first kappa shape index (κ1) is 17.4. The highest BCUT2D eigenvalue weighted by Gasteiger charge is 2.32. The molecular formula is C15H16F3N3OS. The molecule has 0 fully saturated rings. The normalized spacial score (nSPS) is 13.1. The third-order valence-corrected chi connectivity index (χ3v) is 4.02. The van der Waals surface area contributed by atoms with Crippen LogP contribution in [0.25, 0.3) is 0 Å². The molecule has 0 aromatic carbocycles. The lowest BCUT2D eigenvalue weighted by Crippen LogP contribution is -2.34. The SMILES string of the molecule is CN(C)[C@@H](CNC(=O)c1ccc(C(F)(F)F)nc1)c1ccsc1. The van der Waals surface area contributed by atoms with Gasteiger partial charge in [-0.15, -0.1) is 0 Å². The fraction of sp³-hybridized carbons (Fsp3) is 0.333. The predicted molar refractivity (Wildman–Crippen MR) is 82.3 cm³/mol. The van der Waals surface area contributed by atoms with Crippen molar-refractivity contribution in [2.24, 2.45) is 0 Å². The largest absolute Gasteiger partial charge is 0.433 e. The number of carbonyl (C=O) groups excluding carboxylic acids is 1. The van der Waals surface area contributed by atoms with E-state index < -0.39 is 17.8 Å². The molecule has 0 unspecified atom stereocenters. The minimum Gasteiger partial charge on any atom is -0.350 e. The molecular weight excluding hydrogens is 327 g/mol. The fourth-order valence-corrected chi connectivity index (χ4v) is 2.76. The lowest BCUT2D eigenvalue weighted by atomic mass is 10.1. The first-order valence-corrected chi connectivity index (χ1v) is 7.73. The highest BCUT2D eigenvalue weighted by Crippen LogP contribution is 2.27. The Morgan fingerprint density at radius 2 is 2.09 bits per heavy atom. The van der Waals surface area contributed by atoms with Crippen LogP contribution in [0, 0.1) is 0 Å². The number of carbonyl (C=O) groups is 1. The Balaban J connectivity index is 2.01. The van der Waals surface area contributed by atoms with Crippen LogP contribution in [-0.2, 0) is 6.18 Å². The number of nitrogens with one attached hydrogen (secondary N) is 1. The van der Waals surface area contributed by atoms with Crippen molar-refractivity contribution < 1.29 is 18.0 Å². The molecule has 2 heterocycles. The van der Waals surface area contributed by atoms with Gasteiger partial charge in [-0.2, -0.15) is 24.5 Å². The second-order valence-corrected chi connectivity index (χ2v) is 5.96. The molecule has 0 aliphatic carbocycles. The number of rotatable bonds is 5. The van der Waals surface area contributed by atoms with Crippen molar-refractivity contribution in [1.29, 1.82) is 0 Å². The third-order valence-electron chi connectivity index (χ3n) is 3.32. The van der Waals surface area contributed by atoms with Crippen molar-refractivity contribution in [2.75, 3.05) is 20.6 Å². The Morgan fingerprint density at radius 3 is 2.57 bits per heavy atom. The Morgan fingerprint density at radius 1 is 1.35 bits per heavy atom. The molecule has 0 saturated carbocycles. The highest BCUT2D eigenvalue weighted by atomic mass is 32.1. The van der Waals surface area contributed by atoms with Crippen molar-refractivity contribution in [1.82, 2.24) is 15.2 Å². The Kier molecular flexibility index (Phi) is 5.38. The van der Waals surface area contributed by atoms with Gasteiger partial charge in [0.15, 0.2) is 0 Å². The average molecular weight is 343 g/mol. The van der Waals surface area contributed by atoms with Gasteiger partial charge in [0.2, 0.25) is 0 Å². The van der Waals surface area contributed by atoms with Gasteiger partial charge >= 0.3 is 6.18 Å².